The lowest BCUT2D eigenvalue weighted by Crippen LogP contribution is -2.22. The summed E-state index contributed by atoms with van der Waals surface area (Å²) in [6.45, 7) is 3.41. The zero-order valence-corrected chi connectivity index (χ0v) is 11.8. The Morgan fingerprint density at radius 2 is 1.95 bits per heavy atom. The van der Waals surface area contributed by atoms with Gasteiger partial charge in [-0.15, -0.1) is 0 Å². The van der Waals surface area contributed by atoms with E-state index < -0.39 is 0 Å². The van der Waals surface area contributed by atoms with Crippen LogP contribution in [0.2, 0.25) is 0 Å². The second-order valence-corrected chi connectivity index (χ2v) is 4.77. The van der Waals surface area contributed by atoms with E-state index in [9.17, 15) is 9.18 Å². The van der Waals surface area contributed by atoms with Crippen LogP contribution in [0.25, 0.3) is 0 Å². The summed E-state index contributed by atoms with van der Waals surface area (Å²) < 4.78 is 13.8. The molecule has 1 unspecified atom stereocenters. The molecule has 0 fully saturated rings. The Kier molecular flexibility index (Phi) is 4.13. The fourth-order valence-corrected chi connectivity index (χ4v) is 2.05. The van der Waals surface area contributed by atoms with Crippen molar-refractivity contribution in [3.63, 3.8) is 0 Å². The number of Topliss-reactive ketones (excluding diaryl/α,β-unsaturated/α-hetero) is 1. The molecule has 104 valence electrons. The van der Waals surface area contributed by atoms with Crippen molar-refractivity contribution in [1.82, 2.24) is 4.98 Å². The smallest absolute Gasteiger partial charge is 0.178 e. The van der Waals surface area contributed by atoms with Crippen LogP contribution in [-0.4, -0.2) is 17.8 Å². The predicted molar refractivity (Wildman–Crippen MR) is 77.5 cm³/mol. The summed E-state index contributed by atoms with van der Waals surface area (Å²) in [7, 11) is 1.88. The van der Waals surface area contributed by atoms with Gasteiger partial charge < -0.3 is 4.90 Å². The number of pyridine rings is 1. The van der Waals surface area contributed by atoms with E-state index in [1.54, 1.807) is 24.4 Å². The zero-order valence-electron chi connectivity index (χ0n) is 11.8. The lowest BCUT2D eigenvalue weighted by molar-refractivity contribution is 0.101. The topological polar surface area (TPSA) is 33.2 Å². The number of halogens is 1. The maximum atomic E-state index is 13.8. The molecule has 0 aliphatic rings. The number of rotatable bonds is 4. The molecule has 3 nitrogen and oxygen atoms in total. The van der Waals surface area contributed by atoms with Gasteiger partial charge in [0.2, 0.25) is 0 Å². The van der Waals surface area contributed by atoms with Gasteiger partial charge in [-0.25, -0.2) is 4.39 Å². The van der Waals surface area contributed by atoms with E-state index in [0.717, 1.165) is 5.69 Å². The molecule has 0 spiro atoms. The molecule has 0 amide bonds. The number of aromatic nitrogens is 1. The molecular formula is C16H17FN2O. The minimum Gasteiger partial charge on any atom is -0.366 e. The van der Waals surface area contributed by atoms with Gasteiger partial charge in [0.15, 0.2) is 5.78 Å². The number of carbonyl (C=O) groups is 1. The number of benzene rings is 1. The van der Waals surface area contributed by atoms with Crippen LogP contribution in [-0.2, 0) is 0 Å². The third kappa shape index (κ3) is 2.85. The molecular weight excluding hydrogens is 255 g/mol. The second kappa shape index (κ2) is 5.82. The number of anilines is 1. The highest BCUT2D eigenvalue weighted by Gasteiger charge is 2.16. The molecule has 0 radical (unpaired) electrons. The molecule has 2 aromatic rings. The largest absolute Gasteiger partial charge is 0.366 e. The zero-order chi connectivity index (χ0) is 14.7. The van der Waals surface area contributed by atoms with Crippen molar-refractivity contribution in [3.8, 4) is 0 Å². The molecule has 0 N–H and O–H groups in total. The summed E-state index contributed by atoms with van der Waals surface area (Å²) >= 11 is 0. The Hall–Kier alpha value is -2.23. The van der Waals surface area contributed by atoms with Gasteiger partial charge in [-0.1, -0.05) is 18.2 Å². The number of hydrogen-bond acceptors (Lipinski definition) is 3. The van der Waals surface area contributed by atoms with Crippen LogP contribution in [0.5, 0.6) is 0 Å². The van der Waals surface area contributed by atoms with Crippen molar-refractivity contribution in [2.75, 3.05) is 11.9 Å². The quantitative estimate of drug-likeness (QED) is 0.797. The summed E-state index contributed by atoms with van der Waals surface area (Å²) in [5.74, 6) is -0.290. The van der Waals surface area contributed by atoms with Gasteiger partial charge in [-0.3, -0.25) is 9.78 Å². The van der Waals surface area contributed by atoms with Crippen LogP contribution >= 0.6 is 0 Å². The minimum absolute atomic E-state index is 0.0682. The van der Waals surface area contributed by atoms with Crippen LogP contribution in [0.1, 0.15) is 35.9 Å². The SMILES string of the molecule is CC(=O)c1ccc(N(C)C(C)c2ccccc2F)cn1. The Labute approximate surface area is 118 Å². The highest BCUT2D eigenvalue weighted by Crippen LogP contribution is 2.26. The molecule has 20 heavy (non-hydrogen) atoms. The molecule has 0 saturated heterocycles. The number of carbonyl (C=O) groups excluding carboxylic acids is 1. The number of hydrogen-bond donors (Lipinski definition) is 0. The number of ketones is 1. The summed E-state index contributed by atoms with van der Waals surface area (Å²) in [6.07, 6.45) is 1.63. The van der Waals surface area contributed by atoms with Crippen molar-refractivity contribution >= 4 is 11.5 Å². The molecule has 0 bridgehead atoms. The van der Waals surface area contributed by atoms with Crippen LogP contribution in [0.15, 0.2) is 42.6 Å². The van der Waals surface area contributed by atoms with E-state index in [2.05, 4.69) is 4.98 Å². The second-order valence-electron chi connectivity index (χ2n) is 4.77. The molecule has 0 aliphatic heterocycles. The van der Waals surface area contributed by atoms with Crippen LogP contribution < -0.4 is 4.90 Å². The summed E-state index contributed by atoms with van der Waals surface area (Å²) in [6, 6.07) is 10.1. The van der Waals surface area contributed by atoms with E-state index in [1.807, 2.05) is 31.0 Å². The highest BCUT2D eigenvalue weighted by molar-refractivity contribution is 5.92. The first-order chi connectivity index (χ1) is 9.50. The summed E-state index contributed by atoms with van der Waals surface area (Å²) in [4.78, 5) is 17.2. The van der Waals surface area contributed by atoms with E-state index >= 15 is 0 Å². The first-order valence-corrected chi connectivity index (χ1v) is 6.45. The van der Waals surface area contributed by atoms with Crippen LogP contribution in [0.4, 0.5) is 10.1 Å². The summed E-state index contributed by atoms with van der Waals surface area (Å²) in [5.41, 5.74) is 1.90. The monoisotopic (exact) mass is 272 g/mol. The van der Waals surface area contributed by atoms with Crippen LogP contribution in [0.3, 0.4) is 0 Å². The molecule has 1 atom stereocenters. The molecule has 1 aromatic heterocycles. The lowest BCUT2D eigenvalue weighted by atomic mass is 10.1. The molecule has 1 heterocycles. The van der Waals surface area contributed by atoms with Crippen molar-refractivity contribution in [2.45, 2.75) is 19.9 Å². The first-order valence-electron chi connectivity index (χ1n) is 6.45. The Morgan fingerprint density at radius 1 is 1.25 bits per heavy atom. The van der Waals surface area contributed by atoms with Crippen LogP contribution in [0, 0.1) is 5.82 Å². The fourth-order valence-electron chi connectivity index (χ4n) is 2.05. The molecule has 2 rings (SSSR count). The van der Waals surface area contributed by atoms with Gasteiger partial charge in [0.1, 0.15) is 11.5 Å². The molecule has 0 saturated carbocycles. The first kappa shape index (κ1) is 14.2. The van der Waals surface area contributed by atoms with E-state index in [0.29, 0.717) is 11.3 Å². The minimum atomic E-state index is -0.222. The Bertz CT molecular complexity index is 610. The highest BCUT2D eigenvalue weighted by atomic mass is 19.1. The van der Waals surface area contributed by atoms with Gasteiger partial charge in [0, 0.05) is 19.5 Å². The molecule has 4 heteroatoms. The number of nitrogens with zero attached hydrogens (tertiary/aromatic N) is 2. The fraction of sp³-hybridized carbons (Fsp3) is 0.250. The third-order valence-corrected chi connectivity index (χ3v) is 3.45. The average molecular weight is 272 g/mol. The van der Waals surface area contributed by atoms with Crippen molar-refractivity contribution in [1.29, 1.82) is 0 Å². The predicted octanol–water partition coefficient (Wildman–Crippen LogP) is 3.62. The van der Waals surface area contributed by atoms with E-state index in [-0.39, 0.29) is 17.6 Å². The van der Waals surface area contributed by atoms with Gasteiger partial charge in [-0.05, 0) is 25.1 Å². The summed E-state index contributed by atoms with van der Waals surface area (Å²) in [5, 5.41) is 0. The average Bonchev–Trinajstić information content (AvgIpc) is 2.46. The van der Waals surface area contributed by atoms with Gasteiger partial charge >= 0.3 is 0 Å². The van der Waals surface area contributed by atoms with Crippen molar-refractivity contribution in [2.24, 2.45) is 0 Å². The normalized spacial score (nSPS) is 12.0. The molecule has 1 aromatic carbocycles. The Balaban J connectivity index is 2.24. The van der Waals surface area contributed by atoms with Crippen molar-refractivity contribution < 1.29 is 9.18 Å². The third-order valence-electron chi connectivity index (χ3n) is 3.45. The standard InChI is InChI=1S/C16H17FN2O/c1-11(14-6-4-5-7-15(14)17)19(3)13-8-9-16(12(2)20)18-10-13/h4-11H,1-3H3. The lowest BCUT2D eigenvalue weighted by Gasteiger charge is -2.27. The van der Waals surface area contributed by atoms with Gasteiger partial charge in [0.05, 0.1) is 17.9 Å². The van der Waals surface area contributed by atoms with Gasteiger partial charge in [-0.2, -0.15) is 0 Å². The Morgan fingerprint density at radius 3 is 2.50 bits per heavy atom. The van der Waals surface area contributed by atoms with Crippen molar-refractivity contribution in [3.05, 3.63) is 59.7 Å². The van der Waals surface area contributed by atoms with E-state index in [1.165, 1.54) is 13.0 Å². The maximum Gasteiger partial charge on any atom is 0.178 e. The van der Waals surface area contributed by atoms with Gasteiger partial charge in [0.25, 0.3) is 0 Å². The molecule has 0 aliphatic carbocycles. The maximum absolute atomic E-state index is 13.8. The van der Waals surface area contributed by atoms with E-state index in [4.69, 9.17) is 0 Å².